The molecule has 8 nitrogen and oxygen atoms in total. The molecule has 1 aliphatic rings. The molecule has 0 radical (unpaired) electrons. The van der Waals surface area contributed by atoms with E-state index >= 15 is 0 Å². The van der Waals surface area contributed by atoms with Crippen molar-refractivity contribution in [2.24, 2.45) is 0 Å². The van der Waals surface area contributed by atoms with Crippen molar-refractivity contribution < 1.29 is 13.5 Å². The standard InChI is InChI=1S/C28H28ClN5O3S2/c1-16-13-20(9-10-22(16)32-39(4,36)37)34-27(26(31-28(34)38)23-7-5-6-12-30-23)21-14-17(2)33(18(21)3)24-15-19(29)8-11-25(24)35/h5-15,26-27,32,35H,1-4H3,(H,31,38)/t26-,27+/m0/s1. The van der Waals surface area contributed by atoms with Gasteiger partial charge >= 0.3 is 0 Å². The summed E-state index contributed by atoms with van der Waals surface area (Å²) in [6.07, 6.45) is 2.88. The van der Waals surface area contributed by atoms with Crippen LogP contribution >= 0.6 is 23.8 Å². The molecule has 4 aromatic rings. The first kappa shape index (κ1) is 27.0. The Morgan fingerprint density at radius 2 is 1.85 bits per heavy atom. The average molecular weight is 582 g/mol. The van der Waals surface area contributed by atoms with Crippen molar-refractivity contribution >= 4 is 50.3 Å². The van der Waals surface area contributed by atoms with Gasteiger partial charge in [0, 0.05) is 28.3 Å². The number of hydrogen-bond acceptors (Lipinski definition) is 5. The Morgan fingerprint density at radius 3 is 2.51 bits per heavy atom. The molecular formula is C28H28ClN5O3S2. The van der Waals surface area contributed by atoms with Gasteiger partial charge in [-0.2, -0.15) is 0 Å². The molecule has 2 atom stereocenters. The van der Waals surface area contributed by atoms with E-state index in [1.807, 2.05) is 60.6 Å². The summed E-state index contributed by atoms with van der Waals surface area (Å²) in [5, 5.41) is 15.2. The number of anilines is 2. The number of phenols is 1. The molecule has 0 saturated carbocycles. The van der Waals surface area contributed by atoms with Crippen LogP contribution in [0.25, 0.3) is 5.69 Å². The van der Waals surface area contributed by atoms with Gasteiger partial charge in [-0.25, -0.2) is 8.42 Å². The summed E-state index contributed by atoms with van der Waals surface area (Å²) in [4.78, 5) is 6.66. The molecule has 2 aromatic heterocycles. The van der Waals surface area contributed by atoms with Crippen LogP contribution in [0.3, 0.4) is 0 Å². The smallest absolute Gasteiger partial charge is 0.229 e. The lowest BCUT2D eigenvalue weighted by molar-refractivity contribution is 0.471. The Balaban J connectivity index is 1.67. The van der Waals surface area contributed by atoms with E-state index in [1.165, 1.54) is 0 Å². The van der Waals surface area contributed by atoms with E-state index in [9.17, 15) is 13.5 Å². The van der Waals surface area contributed by atoms with Crippen LogP contribution in [0.4, 0.5) is 11.4 Å². The van der Waals surface area contributed by atoms with Crippen LogP contribution in [0.15, 0.2) is 66.9 Å². The molecule has 2 aromatic carbocycles. The molecule has 0 aliphatic carbocycles. The quantitative estimate of drug-likeness (QED) is 0.251. The molecule has 0 amide bonds. The minimum Gasteiger partial charge on any atom is -0.506 e. The van der Waals surface area contributed by atoms with Crippen LogP contribution in [0.1, 0.15) is 40.3 Å². The normalized spacial score (nSPS) is 17.4. The number of nitrogens with one attached hydrogen (secondary N) is 2. The van der Waals surface area contributed by atoms with Gasteiger partial charge in [-0.3, -0.25) is 9.71 Å². The van der Waals surface area contributed by atoms with E-state index in [0.717, 1.165) is 40.2 Å². The average Bonchev–Trinajstić information content (AvgIpc) is 3.37. The fourth-order valence-corrected chi connectivity index (χ4v) is 6.34. The largest absolute Gasteiger partial charge is 0.506 e. The summed E-state index contributed by atoms with van der Waals surface area (Å²) >= 11 is 12.2. The zero-order chi connectivity index (χ0) is 28.1. The van der Waals surface area contributed by atoms with Crippen molar-refractivity contribution in [3.8, 4) is 11.4 Å². The van der Waals surface area contributed by atoms with Crippen molar-refractivity contribution in [3.63, 3.8) is 0 Å². The summed E-state index contributed by atoms with van der Waals surface area (Å²) in [5.41, 5.74) is 6.32. The van der Waals surface area contributed by atoms with Gasteiger partial charge in [-0.15, -0.1) is 0 Å². The summed E-state index contributed by atoms with van der Waals surface area (Å²) in [7, 11) is -3.42. The van der Waals surface area contributed by atoms with Crippen LogP contribution in [-0.2, 0) is 10.0 Å². The lowest BCUT2D eigenvalue weighted by Gasteiger charge is -2.29. The second kappa shape index (κ2) is 10.2. The van der Waals surface area contributed by atoms with Crippen molar-refractivity contribution in [2.75, 3.05) is 15.9 Å². The topological polar surface area (TPSA) is 99.5 Å². The van der Waals surface area contributed by atoms with E-state index in [-0.39, 0.29) is 17.8 Å². The van der Waals surface area contributed by atoms with E-state index < -0.39 is 10.0 Å². The molecule has 11 heteroatoms. The third kappa shape index (κ3) is 5.19. The maximum atomic E-state index is 11.8. The molecule has 39 heavy (non-hydrogen) atoms. The molecule has 202 valence electrons. The molecule has 3 heterocycles. The number of thiocarbonyl (C=S) groups is 1. The van der Waals surface area contributed by atoms with Crippen LogP contribution in [0.2, 0.25) is 5.02 Å². The Bertz CT molecular complexity index is 1690. The fraction of sp³-hybridized carbons (Fsp3) is 0.214. The van der Waals surface area contributed by atoms with Crippen LogP contribution in [0.5, 0.6) is 5.75 Å². The number of benzene rings is 2. The second-order valence-corrected chi connectivity index (χ2v) is 12.2. The number of aryl methyl sites for hydroxylation is 2. The van der Waals surface area contributed by atoms with Gasteiger partial charge in [0.25, 0.3) is 0 Å². The first-order valence-electron chi connectivity index (χ1n) is 12.2. The summed E-state index contributed by atoms with van der Waals surface area (Å²) in [6.45, 7) is 5.83. The minimum atomic E-state index is -3.42. The summed E-state index contributed by atoms with van der Waals surface area (Å²) in [6, 6.07) is 17.8. The van der Waals surface area contributed by atoms with Crippen LogP contribution < -0.4 is 14.9 Å². The van der Waals surface area contributed by atoms with Crippen molar-refractivity contribution in [3.05, 3.63) is 100 Å². The van der Waals surface area contributed by atoms with Gasteiger partial charge in [0.2, 0.25) is 10.0 Å². The molecule has 1 saturated heterocycles. The van der Waals surface area contributed by atoms with Crippen LogP contribution in [-0.4, -0.2) is 34.4 Å². The number of halogens is 1. The third-order valence-electron chi connectivity index (χ3n) is 6.85. The zero-order valence-electron chi connectivity index (χ0n) is 21.8. The first-order chi connectivity index (χ1) is 18.4. The number of rotatable bonds is 6. The third-order valence-corrected chi connectivity index (χ3v) is 7.99. The first-order valence-corrected chi connectivity index (χ1v) is 14.9. The Hall–Kier alpha value is -3.60. The molecule has 5 rings (SSSR count). The molecule has 1 aliphatic heterocycles. The Labute approximate surface area is 238 Å². The minimum absolute atomic E-state index is 0.121. The molecule has 0 spiro atoms. The molecular weight excluding hydrogens is 554 g/mol. The number of aromatic nitrogens is 2. The van der Waals surface area contributed by atoms with Gasteiger partial charge in [0.15, 0.2) is 5.11 Å². The van der Waals surface area contributed by atoms with E-state index in [0.29, 0.717) is 21.5 Å². The molecule has 0 unspecified atom stereocenters. The Kier molecular flexibility index (Phi) is 7.04. The molecule has 0 bridgehead atoms. The van der Waals surface area contributed by atoms with Gasteiger partial charge in [0.1, 0.15) is 5.75 Å². The highest BCUT2D eigenvalue weighted by Crippen LogP contribution is 2.44. The maximum Gasteiger partial charge on any atom is 0.229 e. The predicted octanol–water partition coefficient (Wildman–Crippen LogP) is 5.71. The number of aromatic hydroxyl groups is 1. The van der Waals surface area contributed by atoms with Crippen molar-refractivity contribution in [1.82, 2.24) is 14.9 Å². The highest BCUT2D eigenvalue weighted by molar-refractivity contribution is 7.92. The predicted molar refractivity (Wildman–Crippen MR) is 159 cm³/mol. The number of phenolic OH excluding ortho intramolecular Hbond substituents is 1. The van der Waals surface area contributed by atoms with Gasteiger partial charge in [-0.05, 0) is 98.7 Å². The van der Waals surface area contributed by atoms with Gasteiger partial charge in [0.05, 0.1) is 35.4 Å². The number of sulfonamides is 1. The van der Waals surface area contributed by atoms with Gasteiger partial charge in [-0.1, -0.05) is 17.7 Å². The highest BCUT2D eigenvalue weighted by Gasteiger charge is 2.42. The van der Waals surface area contributed by atoms with Crippen molar-refractivity contribution in [2.45, 2.75) is 32.9 Å². The molecule has 3 N–H and O–H groups in total. The fourth-order valence-electron chi connectivity index (χ4n) is 5.19. The lowest BCUT2D eigenvalue weighted by Crippen LogP contribution is -2.29. The maximum absolute atomic E-state index is 11.8. The lowest BCUT2D eigenvalue weighted by atomic mass is 9.96. The van der Waals surface area contributed by atoms with Crippen molar-refractivity contribution in [1.29, 1.82) is 0 Å². The number of pyridine rings is 1. The summed E-state index contributed by atoms with van der Waals surface area (Å²) < 4.78 is 28.2. The zero-order valence-corrected chi connectivity index (χ0v) is 24.2. The Morgan fingerprint density at radius 1 is 1.08 bits per heavy atom. The van der Waals surface area contributed by atoms with Crippen LogP contribution in [0, 0.1) is 20.8 Å². The van der Waals surface area contributed by atoms with E-state index in [1.54, 1.807) is 30.5 Å². The van der Waals surface area contributed by atoms with E-state index in [2.05, 4.69) is 21.1 Å². The van der Waals surface area contributed by atoms with Gasteiger partial charge < -0.3 is 19.9 Å². The SMILES string of the molecule is Cc1cc(N2C(=S)N[C@@H](c3ccccn3)[C@H]2c2cc(C)n(-c3cc(Cl)ccc3O)c2C)ccc1NS(C)(=O)=O. The number of nitrogens with zero attached hydrogens (tertiary/aromatic N) is 3. The highest BCUT2D eigenvalue weighted by atomic mass is 35.5. The molecule has 1 fully saturated rings. The summed E-state index contributed by atoms with van der Waals surface area (Å²) in [5.74, 6) is 0.121. The van der Waals surface area contributed by atoms with E-state index in [4.69, 9.17) is 23.8 Å². The monoisotopic (exact) mass is 581 g/mol. The second-order valence-electron chi connectivity index (χ2n) is 9.66. The number of hydrogen-bond donors (Lipinski definition) is 3.